The normalized spacial score (nSPS) is 19.5. The number of rotatable bonds is 5. The molecule has 0 spiro atoms. The molecule has 1 fully saturated rings. The zero-order valence-electron chi connectivity index (χ0n) is 10.8. The van der Waals surface area contributed by atoms with Crippen LogP contribution in [0, 0.1) is 0 Å². The van der Waals surface area contributed by atoms with Gasteiger partial charge < -0.3 is 9.30 Å². The summed E-state index contributed by atoms with van der Waals surface area (Å²) in [6.07, 6.45) is 4.39. The van der Waals surface area contributed by atoms with Crippen LogP contribution in [0.5, 0.6) is 0 Å². The van der Waals surface area contributed by atoms with Crippen LogP contribution >= 0.6 is 15.9 Å². The lowest BCUT2D eigenvalue weighted by Gasteiger charge is -2.35. The van der Waals surface area contributed by atoms with E-state index in [1.165, 1.54) is 6.33 Å². The van der Waals surface area contributed by atoms with Crippen molar-refractivity contribution in [2.75, 3.05) is 18.5 Å². The Morgan fingerprint density at radius 1 is 1.53 bits per heavy atom. The summed E-state index contributed by atoms with van der Waals surface area (Å²) in [6, 6.07) is 0. The van der Waals surface area contributed by atoms with E-state index >= 15 is 0 Å². The molecule has 8 heteroatoms. The molecule has 0 saturated carbocycles. The fraction of sp³-hybridized carbons (Fsp3) is 0.727. The second kappa shape index (κ2) is 5.90. The number of sulfonamides is 1. The van der Waals surface area contributed by atoms with E-state index in [4.69, 9.17) is 4.74 Å². The van der Waals surface area contributed by atoms with Crippen LogP contribution in [-0.2, 0) is 21.3 Å². The van der Waals surface area contributed by atoms with Crippen molar-refractivity contribution in [3.8, 4) is 0 Å². The molecule has 2 rings (SSSR count). The average Bonchev–Trinajstić information content (AvgIpc) is 2.89. The highest BCUT2D eigenvalue weighted by molar-refractivity contribution is 9.09. The predicted octanol–water partition coefficient (Wildman–Crippen LogP) is 1.13. The van der Waals surface area contributed by atoms with Crippen LogP contribution in [0.25, 0.3) is 0 Å². The van der Waals surface area contributed by atoms with Gasteiger partial charge in [0, 0.05) is 36.8 Å². The van der Waals surface area contributed by atoms with Crippen molar-refractivity contribution in [2.45, 2.75) is 36.9 Å². The smallest absolute Gasteiger partial charge is 0.260 e. The second-order valence-electron chi connectivity index (χ2n) is 4.67. The SMILES string of the molecule is CCn1cnc(S(=O)(=O)NC2(CBr)CCOCC2)c1. The molecule has 1 aliphatic rings. The van der Waals surface area contributed by atoms with Crippen LogP contribution in [-0.4, -0.2) is 42.1 Å². The maximum absolute atomic E-state index is 12.3. The number of aryl methyl sites for hydroxylation is 1. The minimum Gasteiger partial charge on any atom is -0.381 e. The number of aromatic nitrogens is 2. The molecule has 19 heavy (non-hydrogen) atoms. The Labute approximate surface area is 121 Å². The number of alkyl halides is 1. The van der Waals surface area contributed by atoms with Gasteiger partial charge in [-0.05, 0) is 19.8 Å². The molecular formula is C11H18BrN3O3S. The summed E-state index contributed by atoms with van der Waals surface area (Å²) in [7, 11) is -3.59. The molecule has 1 saturated heterocycles. The molecule has 0 radical (unpaired) electrons. The quantitative estimate of drug-likeness (QED) is 0.807. The molecule has 1 N–H and O–H groups in total. The van der Waals surface area contributed by atoms with E-state index in [9.17, 15) is 8.42 Å². The maximum Gasteiger partial charge on any atom is 0.260 e. The van der Waals surface area contributed by atoms with Crippen LogP contribution in [0.2, 0.25) is 0 Å². The van der Waals surface area contributed by atoms with Gasteiger partial charge in [-0.1, -0.05) is 15.9 Å². The van der Waals surface area contributed by atoms with E-state index in [2.05, 4.69) is 25.6 Å². The first kappa shape index (κ1) is 15.0. The van der Waals surface area contributed by atoms with Gasteiger partial charge in [-0.3, -0.25) is 0 Å². The number of hydrogen-bond donors (Lipinski definition) is 1. The van der Waals surface area contributed by atoms with Crippen molar-refractivity contribution in [1.82, 2.24) is 14.3 Å². The van der Waals surface area contributed by atoms with Gasteiger partial charge in [0.1, 0.15) is 0 Å². The molecule has 6 nitrogen and oxygen atoms in total. The number of nitrogens with zero attached hydrogens (tertiary/aromatic N) is 2. The van der Waals surface area contributed by atoms with E-state index in [0.29, 0.717) is 37.9 Å². The fourth-order valence-electron chi connectivity index (χ4n) is 2.01. The third-order valence-electron chi connectivity index (χ3n) is 3.31. The van der Waals surface area contributed by atoms with Gasteiger partial charge in [-0.15, -0.1) is 0 Å². The predicted molar refractivity (Wildman–Crippen MR) is 74.8 cm³/mol. The summed E-state index contributed by atoms with van der Waals surface area (Å²) in [5.74, 6) is 0. The molecule has 0 amide bonds. The van der Waals surface area contributed by atoms with Crippen LogP contribution < -0.4 is 4.72 Å². The minimum atomic E-state index is -3.59. The Morgan fingerprint density at radius 3 is 2.74 bits per heavy atom. The number of imidazole rings is 1. The Kier molecular flexibility index (Phi) is 4.65. The van der Waals surface area contributed by atoms with E-state index in [1.54, 1.807) is 10.8 Å². The number of nitrogens with one attached hydrogen (secondary N) is 1. The first-order valence-corrected chi connectivity index (χ1v) is 8.81. The van der Waals surface area contributed by atoms with Crippen LogP contribution in [0.4, 0.5) is 0 Å². The second-order valence-corrected chi connectivity index (χ2v) is 6.86. The van der Waals surface area contributed by atoms with Crippen molar-refractivity contribution in [2.24, 2.45) is 0 Å². The highest BCUT2D eigenvalue weighted by atomic mass is 79.9. The zero-order valence-corrected chi connectivity index (χ0v) is 13.2. The highest BCUT2D eigenvalue weighted by Crippen LogP contribution is 2.25. The molecule has 0 unspecified atom stereocenters. The standard InChI is InChI=1S/C11H18BrN3O3S/c1-2-15-7-10(13-9-15)19(16,17)14-11(8-12)3-5-18-6-4-11/h7,9,14H,2-6,8H2,1H3. The van der Waals surface area contributed by atoms with Crippen molar-refractivity contribution >= 4 is 26.0 Å². The molecule has 0 aliphatic carbocycles. The van der Waals surface area contributed by atoms with E-state index in [-0.39, 0.29) is 5.03 Å². The van der Waals surface area contributed by atoms with Gasteiger partial charge in [0.05, 0.1) is 6.33 Å². The highest BCUT2D eigenvalue weighted by Gasteiger charge is 2.36. The molecule has 0 bridgehead atoms. The summed E-state index contributed by atoms with van der Waals surface area (Å²) < 4.78 is 34.5. The largest absolute Gasteiger partial charge is 0.381 e. The van der Waals surface area contributed by atoms with Crippen LogP contribution in [0.1, 0.15) is 19.8 Å². The topological polar surface area (TPSA) is 73.2 Å². The van der Waals surface area contributed by atoms with Gasteiger partial charge in [0.15, 0.2) is 5.03 Å². The average molecular weight is 352 g/mol. The van der Waals surface area contributed by atoms with Gasteiger partial charge >= 0.3 is 0 Å². The molecule has 1 aromatic rings. The Balaban J connectivity index is 2.19. The summed E-state index contributed by atoms with van der Waals surface area (Å²) in [5, 5.41) is 0.637. The van der Waals surface area contributed by atoms with E-state index in [1.807, 2.05) is 6.92 Å². The third-order valence-corrected chi connectivity index (χ3v) is 5.84. The Bertz CT molecular complexity index is 523. The number of halogens is 1. The van der Waals surface area contributed by atoms with Crippen molar-refractivity contribution < 1.29 is 13.2 Å². The third kappa shape index (κ3) is 3.36. The molecule has 2 heterocycles. The van der Waals surface area contributed by atoms with Crippen molar-refractivity contribution in [3.05, 3.63) is 12.5 Å². The molecule has 1 aliphatic heterocycles. The van der Waals surface area contributed by atoms with Gasteiger partial charge in [0.2, 0.25) is 0 Å². The van der Waals surface area contributed by atoms with Gasteiger partial charge in [-0.2, -0.15) is 0 Å². The number of ether oxygens (including phenoxy) is 1. The van der Waals surface area contributed by atoms with Crippen LogP contribution in [0.15, 0.2) is 17.6 Å². The lowest BCUT2D eigenvalue weighted by molar-refractivity contribution is 0.0557. The number of hydrogen-bond acceptors (Lipinski definition) is 4. The Hall–Kier alpha value is -0.440. The van der Waals surface area contributed by atoms with Crippen molar-refractivity contribution in [1.29, 1.82) is 0 Å². The van der Waals surface area contributed by atoms with E-state index in [0.717, 1.165) is 0 Å². The van der Waals surface area contributed by atoms with E-state index < -0.39 is 15.6 Å². The lowest BCUT2D eigenvalue weighted by atomic mass is 9.94. The molecule has 0 aromatic carbocycles. The summed E-state index contributed by atoms with van der Waals surface area (Å²) in [6.45, 7) is 3.76. The maximum atomic E-state index is 12.3. The molecule has 1 aromatic heterocycles. The fourth-order valence-corrected chi connectivity index (χ4v) is 4.31. The first-order valence-electron chi connectivity index (χ1n) is 6.21. The van der Waals surface area contributed by atoms with Gasteiger partial charge in [0.25, 0.3) is 10.0 Å². The molecule has 0 atom stereocenters. The minimum absolute atomic E-state index is 0.0705. The lowest BCUT2D eigenvalue weighted by Crippen LogP contribution is -2.53. The van der Waals surface area contributed by atoms with Gasteiger partial charge in [-0.25, -0.2) is 18.1 Å². The zero-order chi connectivity index (χ0) is 13.9. The summed E-state index contributed by atoms with van der Waals surface area (Å²) in [5.41, 5.74) is -0.479. The van der Waals surface area contributed by atoms with Crippen LogP contribution in [0.3, 0.4) is 0 Å². The van der Waals surface area contributed by atoms with Crippen molar-refractivity contribution in [3.63, 3.8) is 0 Å². The Morgan fingerprint density at radius 2 is 2.21 bits per heavy atom. The first-order chi connectivity index (χ1) is 9.01. The molecule has 108 valence electrons. The summed E-state index contributed by atoms with van der Waals surface area (Å²) in [4.78, 5) is 3.96. The molecular weight excluding hydrogens is 334 g/mol. The summed E-state index contributed by atoms with van der Waals surface area (Å²) >= 11 is 3.40. The monoisotopic (exact) mass is 351 g/mol.